The highest BCUT2D eigenvalue weighted by molar-refractivity contribution is 5.99. The molecule has 1 aliphatic rings. The molecule has 0 spiro atoms. The van der Waals surface area contributed by atoms with Crippen molar-refractivity contribution >= 4 is 11.6 Å². The van der Waals surface area contributed by atoms with Crippen LogP contribution in [-0.4, -0.2) is 66.4 Å². The van der Waals surface area contributed by atoms with E-state index in [0.29, 0.717) is 18.0 Å². The molecule has 3 rings (SSSR count). The van der Waals surface area contributed by atoms with Crippen LogP contribution in [0, 0.1) is 6.92 Å². The number of carbonyl (C=O) groups excluding carboxylic acids is 1. The molecule has 0 radical (unpaired) electrons. The van der Waals surface area contributed by atoms with E-state index in [1.807, 2.05) is 0 Å². The number of hydrogen-bond acceptors (Lipinski definition) is 6. The van der Waals surface area contributed by atoms with Gasteiger partial charge >= 0.3 is 0 Å². The van der Waals surface area contributed by atoms with Crippen LogP contribution in [0.2, 0.25) is 0 Å². The first-order chi connectivity index (χ1) is 14.4. The zero-order chi connectivity index (χ0) is 21.5. The molecule has 1 amide bonds. The van der Waals surface area contributed by atoms with E-state index in [0.717, 1.165) is 38.3 Å². The van der Waals surface area contributed by atoms with E-state index >= 15 is 0 Å². The molecule has 1 fully saturated rings. The average molecular weight is 411 g/mol. The zero-order valence-electron chi connectivity index (χ0n) is 17.9. The number of amides is 1. The van der Waals surface area contributed by atoms with E-state index in [1.54, 1.807) is 25.1 Å². The lowest BCUT2D eigenvalue weighted by Gasteiger charge is -2.34. The molecule has 1 saturated heterocycles. The predicted octanol–water partition coefficient (Wildman–Crippen LogP) is 2.37. The normalized spacial score (nSPS) is 15.8. The standard InChI is InChI=1S/C23H30N4O3/c1-17-4-6-19(7-5-17)15-26-10-12-27(13-11-26)16-23(29)25-24-18(2)20-8-9-21(28)22(14-20)30-3/h4-9,14,28H,10-13,15-16H2,1-3H3,(H,25,29)/b24-18-. The Morgan fingerprint density at radius 3 is 2.43 bits per heavy atom. The molecule has 0 atom stereocenters. The molecule has 0 aromatic heterocycles. The average Bonchev–Trinajstić information content (AvgIpc) is 2.75. The van der Waals surface area contributed by atoms with E-state index in [1.165, 1.54) is 18.2 Å². The fourth-order valence-corrected chi connectivity index (χ4v) is 3.41. The second kappa shape index (κ2) is 10.2. The van der Waals surface area contributed by atoms with Crippen molar-refractivity contribution in [3.05, 3.63) is 59.2 Å². The lowest BCUT2D eigenvalue weighted by molar-refractivity contribution is -0.122. The van der Waals surface area contributed by atoms with Gasteiger partial charge in [0.1, 0.15) is 0 Å². The van der Waals surface area contributed by atoms with Gasteiger partial charge in [-0.1, -0.05) is 29.8 Å². The van der Waals surface area contributed by atoms with Crippen molar-refractivity contribution in [2.75, 3.05) is 39.8 Å². The molecule has 0 saturated carbocycles. The molecule has 0 bridgehead atoms. The lowest BCUT2D eigenvalue weighted by Crippen LogP contribution is -2.48. The molecule has 1 aliphatic heterocycles. The molecule has 2 N–H and O–H groups in total. The number of nitrogens with zero attached hydrogens (tertiary/aromatic N) is 3. The number of carbonyl (C=O) groups is 1. The van der Waals surface area contributed by atoms with Gasteiger partial charge in [0.05, 0.1) is 19.4 Å². The maximum absolute atomic E-state index is 12.3. The molecule has 2 aromatic carbocycles. The molecule has 2 aromatic rings. The summed E-state index contributed by atoms with van der Waals surface area (Å²) in [5.41, 5.74) is 6.64. The van der Waals surface area contributed by atoms with Crippen LogP contribution in [0.15, 0.2) is 47.6 Å². The quantitative estimate of drug-likeness (QED) is 0.541. The Morgan fingerprint density at radius 1 is 1.10 bits per heavy atom. The first kappa shape index (κ1) is 21.8. The number of ether oxygens (including phenoxy) is 1. The smallest absolute Gasteiger partial charge is 0.254 e. The van der Waals surface area contributed by atoms with Gasteiger partial charge in [0.25, 0.3) is 5.91 Å². The van der Waals surface area contributed by atoms with Crippen molar-refractivity contribution in [2.45, 2.75) is 20.4 Å². The molecule has 0 aliphatic carbocycles. The van der Waals surface area contributed by atoms with Gasteiger partial charge in [0.2, 0.25) is 0 Å². The summed E-state index contributed by atoms with van der Waals surface area (Å²) in [6.07, 6.45) is 0. The summed E-state index contributed by atoms with van der Waals surface area (Å²) in [6.45, 7) is 8.77. The summed E-state index contributed by atoms with van der Waals surface area (Å²) >= 11 is 0. The van der Waals surface area contributed by atoms with Gasteiger partial charge in [0.15, 0.2) is 11.5 Å². The Balaban J connectivity index is 1.44. The van der Waals surface area contributed by atoms with Crippen molar-refractivity contribution < 1.29 is 14.6 Å². The van der Waals surface area contributed by atoms with E-state index < -0.39 is 0 Å². The zero-order valence-corrected chi connectivity index (χ0v) is 17.9. The van der Waals surface area contributed by atoms with Gasteiger partial charge in [-0.05, 0) is 37.6 Å². The second-order valence-electron chi connectivity index (χ2n) is 7.66. The number of aromatic hydroxyl groups is 1. The summed E-state index contributed by atoms with van der Waals surface area (Å²) in [5.74, 6) is 0.309. The van der Waals surface area contributed by atoms with Crippen LogP contribution in [0.25, 0.3) is 0 Å². The monoisotopic (exact) mass is 410 g/mol. The number of phenolic OH excluding ortho intramolecular Hbond substituents is 1. The van der Waals surface area contributed by atoms with Gasteiger partial charge in [-0.15, -0.1) is 0 Å². The van der Waals surface area contributed by atoms with Crippen LogP contribution < -0.4 is 10.2 Å². The molecule has 30 heavy (non-hydrogen) atoms. The lowest BCUT2D eigenvalue weighted by atomic mass is 10.1. The van der Waals surface area contributed by atoms with Gasteiger partial charge in [-0.3, -0.25) is 14.6 Å². The SMILES string of the molecule is COc1cc(/C(C)=N\NC(=O)CN2CCN(Cc3ccc(C)cc3)CC2)ccc1O. The van der Waals surface area contributed by atoms with E-state index in [4.69, 9.17) is 4.74 Å². The number of hydrogen-bond donors (Lipinski definition) is 2. The largest absolute Gasteiger partial charge is 0.504 e. The van der Waals surface area contributed by atoms with Crippen LogP contribution in [0.4, 0.5) is 0 Å². The van der Waals surface area contributed by atoms with E-state index in [-0.39, 0.29) is 11.7 Å². The molecule has 160 valence electrons. The number of hydrazone groups is 1. The summed E-state index contributed by atoms with van der Waals surface area (Å²) in [7, 11) is 1.49. The van der Waals surface area contributed by atoms with Crippen molar-refractivity contribution in [1.82, 2.24) is 15.2 Å². The summed E-state index contributed by atoms with van der Waals surface area (Å²) in [6, 6.07) is 13.6. The molecular weight excluding hydrogens is 380 g/mol. The van der Waals surface area contributed by atoms with Crippen molar-refractivity contribution in [2.24, 2.45) is 5.10 Å². The fraction of sp³-hybridized carbons (Fsp3) is 0.391. The summed E-state index contributed by atoms with van der Waals surface area (Å²) in [4.78, 5) is 16.9. The third-order valence-electron chi connectivity index (χ3n) is 5.30. The highest BCUT2D eigenvalue weighted by atomic mass is 16.5. The van der Waals surface area contributed by atoms with Gasteiger partial charge in [-0.25, -0.2) is 5.43 Å². The first-order valence-electron chi connectivity index (χ1n) is 10.2. The minimum Gasteiger partial charge on any atom is -0.504 e. The summed E-state index contributed by atoms with van der Waals surface area (Å²) in [5, 5.41) is 13.9. The Morgan fingerprint density at radius 2 is 1.77 bits per heavy atom. The van der Waals surface area contributed by atoms with Crippen LogP contribution in [0.3, 0.4) is 0 Å². The number of aryl methyl sites for hydroxylation is 1. The number of nitrogens with one attached hydrogen (secondary N) is 1. The van der Waals surface area contributed by atoms with E-state index in [9.17, 15) is 9.90 Å². The molecule has 1 heterocycles. The number of piperazine rings is 1. The number of rotatable bonds is 7. The van der Waals surface area contributed by atoms with Crippen molar-refractivity contribution in [3.8, 4) is 11.5 Å². The third-order valence-corrected chi connectivity index (χ3v) is 5.30. The van der Waals surface area contributed by atoms with Crippen LogP contribution >= 0.6 is 0 Å². The third kappa shape index (κ3) is 6.05. The highest BCUT2D eigenvalue weighted by Gasteiger charge is 2.19. The fourth-order valence-electron chi connectivity index (χ4n) is 3.41. The van der Waals surface area contributed by atoms with Gasteiger partial charge in [0, 0.05) is 38.3 Å². The van der Waals surface area contributed by atoms with Crippen molar-refractivity contribution in [1.29, 1.82) is 0 Å². The number of benzene rings is 2. The maximum atomic E-state index is 12.3. The first-order valence-corrected chi connectivity index (χ1v) is 10.2. The van der Waals surface area contributed by atoms with Gasteiger partial charge in [-0.2, -0.15) is 5.10 Å². The van der Waals surface area contributed by atoms with Gasteiger partial charge < -0.3 is 9.84 Å². The van der Waals surface area contributed by atoms with Crippen molar-refractivity contribution in [3.63, 3.8) is 0 Å². The Kier molecular flexibility index (Phi) is 7.43. The Bertz CT molecular complexity index is 888. The Labute approximate surface area is 178 Å². The highest BCUT2D eigenvalue weighted by Crippen LogP contribution is 2.26. The second-order valence-corrected chi connectivity index (χ2v) is 7.66. The molecular formula is C23H30N4O3. The molecule has 0 unspecified atom stereocenters. The van der Waals surface area contributed by atoms with Crippen LogP contribution in [-0.2, 0) is 11.3 Å². The maximum Gasteiger partial charge on any atom is 0.254 e. The number of phenols is 1. The molecule has 7 heteroatoms. The van der Waals surface area contributed by atoms with Crippen LogP contribution in [0.5, 0.6) is 11.5 Å². The minimum atomic E-state index is -0.132. The predicted molar refractivity (Wildman–Crippen MR) is 118 cm³/mol. The minimum absolute atomic E-state index is 0.0691. The topological polar surface area (TPSA) is 77.4 Å². The summed E-state index contributed by atoms with van der Waals surface area (Å²) < 4.78 is 5.11. The number of methoxy groups -OCH3 is 1. The van der Waals surface area contributed by atoms with E-state index in [2.05, 4.69) is 51.5 Å². The Hall–Kier alpha value is -2.90. The van der Waals surface area contributed by atoms with Crippen LogP contribution in [0.1, 0.15) is 23.6 Å². The molecule has 7 nitrogen and oxygen atoms in total.